The van der Waals surface area contributed by atoms with Crippen LogP contribution in [-0.4, -0.2) is 84.8 Å². The van der Waals surface area contributed by atoms with E-state index in [1.165, 1.54) is 23.9 Å². The number of rotatable bonds is 1. The standard InChI is InChI=1S/C14H22N4O4/c1-13(7-15(3)11(21)17(5)9(13)19)14(2)8-16(4)12(22)18(6)10(14)20/h7-8H2,1-6H3/t13-,14+. The minimum atomic E-state index is -1.11. The summed E-state index contributed by atoms with van der Waals surface area (Å²) in [4.78, 5) is 54.3. The molecule has 0 aromatic rings. The minimum absolute atomic E-state index is 0.132. The van der Waals surface area contributed by atoms with E-state index in [4.69, 9.17) is 0 Å². The third-order valence-corrected chi connectivity index (χ3v) is 5.10. The molecule has 2 atom stereocenters. The average Bonchev–Trinajstić information content (AvgIpc) is 2.46. The minimum Gasteiger partial charge on any atom is -0.326 e. The van der Waals surface area contributed by atoms with Gasteiger partial charge in [0.25, 0.3) is 0 Å². The first-order chi connectivity index (χ1) is 9.97. The van der Waals surface area contributed by atoms with E-state index in [9.17, 15) is 19.2 Å². The predicted octanol–water partition coefficient (Wildman–Crippen LogP) is 0.0466. The Bertz CT molecular complexity index is 527. The summed E-state index contributed by atoms with van der Waals surface area (Å²) in [5, 5.41) is 0. The van der Waals surface area contributed by atoms with E-state index in [1.54, 1.807) is 27.9 Å². The number of carbonyl (C=O) groups is 4. The second-order valence-corrected chi connectivity index (χ2v) is 6.67. The largest absolute Gasteiger partial charge is 0.326 e. The summed E-state index contributed by atoms with van der Waals surface area (Å²) in [6, 6.07) is -0.792. The first kappa shape index (κ1) is 16.3. The summed E-state index contributed by atoms with van der Waals surface area (Å²) < 4.78 is 0. The highest BCUT2D eigenvalue weighted by atomic mass is 16.2. The first-order valence-corrected chi connectivity index (χ1v) is 7.04. The normalized spacial score (nSPS) is 33.9. The van der Waals surface area contributed by atoms with Crippen LogP contribution in [0, 0.1) is 10.8 Å². The van der Waals surface area contributed by atoms with Crippen LogP contribution in [0.5, 0.6) is 0 Å². The second-order valence-electron chi connectivity index (χ2n) is 6.67. The quantitative estimate of drug-likeness (QED) is 0.685. The zero-order valence-corrected chi connectivity index (χ0v) is 13.8. The van der Waals surface area contributed by atoms with Gasteiger partial charge < -0.3 is 9.80 Å². The fraction of sp³-hybridized carbons (Fsp3) is 0.714. The molecule has 2 rings (SSSR count). The van der Waals surface area contributed by atoms with Crippen molar-refractivity contribution in [2.24, 2.45) is 10.8 Å². The summed E-state index contributed by atoms with van der Waals surface area (Å²) in [6.45, 7) is 3.63. The predicted molar refractivity (Wildman–Crippen MR) is 77.8 cm³/mol. The molecule has 6 amide bonds. The van der Waals surface area contributed by atoms with Crippen LogP contribution in [0.3, 0.4) is 0 Å². The fourth-order valence-corrected chi connectivity index (χ4v) is 3.47. The van der Waals surface area contributed by atoms with E-state index in [0.717, 1.165) is 9.80 Å². The molecule has 0 N–H and O–H groups in total. The van der Waals surface area contributed by atoms with Crippen molar-refractivity contribution in [2.45, 2.75) is 13.8 Å². The number of amides is 6. The van der Waals surface area contributed by atoms with Gasteiger partial charge in [0.1, 0.15) is 0 Å². The molecule has 0 radical (unpaired) electrons. The van der Waals surface area contributed by atoms with Crippen molar-refractivity contribution >= 4 is 23.9 Å². The second kappa shape index (κ2) is 4.69. The van der Waals surface area contributed by atoms with Gasteiger partial charge in [-0.15, -0.1) is 0 Å². The third-order valence-electron chi connectivity index (χ3n) is 5.10. The van der Waals surface area contributed by atoms with Gasteiger partial charge in [-0.1, -0.05) is 0 Å². The summed E-state index contributed by atoms with van der Waals surface area (Å²) >= 11 is 0. The van der Waals surface area contributed by atoms with Gasteiger partial charge in [-0.3, -0.25) is 19.4 Å². The lowest BCUT2D eigenvalue weighted by Crippen LogP contribution is -2.71. The van der Waals surface area contributed by atoms with Crippen molar-refractivity contribution in [2.75, 3.05) is 41.3 Å². The van der Waals surface area contributed by atoms with Crippen molar-refractivity contribution < 1.29 is 19.2 Å². The zero-order chi connectivity index (χ0) is 17.0. The summed E-state index contributed by atoms with van der Waals surface area (Å²) in [5.41, 5.74) is -2.21. The van der Waals surface area contributed by atoms with Gasteiger partial charge in [-0.2, -0.15) is 0 Å². The van der Waals surface area contributed by atoms with Gasteiger partial charge in [0, 0.05) is 41.3 Å². The maximum absolute atomic E-state index is 12.8. The van der Waals surface area contributed by atoms with Crippen molar-refractivity contribution in [3.8, 4) is 0 Å². The van der Waals surface area contributed by atoms with Crippen LogP contribution in [0.1, 0.15) is 13.8 Å². The number of imide groups is 2. The van der Waals surface area contributed by atoms with Gasteiger partial charge in [-0.25, -0.2) is 9.59 Å². The van der Waals surface area contributed by atoms with E-state index in [0.29, 0.717) is 0 Å². The summed E-state index contributed by atoms with van der Waals surface area (Å²) in [7, 11) is 6.01. The molecule has 22 heavy (non-hydrogen) atoms. The van der Waals surface area contributed by atoms with Gasteiger partial charge in [0.05, 0.1) is 10.8 Å². The molecule has 8 nitrogen and oxygen atoms in total. The molecule has 2 aliphatic rings. The van der Waals surface area contributed by atoms with E-state index in [-0.39, 0.29) is 13.1 Å². The fourth-order valence-electron chi connectivity index (χ4n) is 3.47. The van der Waals surface area contributed by atoms with Crippen LogP contribution in [0.25, 0.3) is 0 Å². The Hall–Kier alpha value is -2.12. The van der Waals surface area contributed by atoms with Crippen molar-refractivity contribution in [1.29, 1.82) is 0 Å². The highest BCUT2D eigenvalue weighted by Crippen LogP contribution is 2.46. The number of hydrogen-bond acceptors (Lipinski definition) is 4. The van der Waals surface area contributed by atoms with Crippen LogP contribution in [0.4, 0.5) is 9.59 Å². The maximum atomic E-state index is 12.8. The molecule has 0 aliphatic carbocycles. The number of urea groups is 2. The lowest BCUT2D eigenvalue weighted by molar-refractivity contribution is -0.166. The summed E-state index contributed by atoms with van der Waals surface area (Å²) in [6.07, 6.45) is 0. The molecule has 0 aromatic carbocycles. The lowest BCUT2D eigenvalue weighted by Gasteiger charge is -2.53. The molecule has 2 heterocycles. The van der Waals surface area contributed by atoms with Crippen LogP contribution in [-0.2, 0) is 9.59 Å². The Labute approximate surface area is 129 Å². The summed E-state index contributed by atoms with van der Waals surface area (Å²) in [5.74, 6) is -0.801. The Morgan fingerprint density at radius 3 is 1.23 bits per heavy atom. The Balaban J connectivity index is 2.51. The van der Waals surface area contributed by atoms with E-state index < -0.39 is 34.7 Å². The van der Waals surface area contributed by atoms with Crippen molar-refractivity contribution in [3.63, 3.8) is 0 Å². The molecule has 0 aromatic heterocycles. The Morgan fingerprint density at radius 2 is 0.955 bits per heavy atom. The topological polar surface area (TPSA) is 81.2 Å². The monoisotopic (exact) mass is 310 g/mol. The van der Waals surface area contributed by atoms with Crippen LogP contribution in [0.15, 0.2) is 0 Å². The Morgan fingerprint density at radius 1 is 0.682 bits per heavy atom. The van der Waals surface area contributed by atoms with Crippen molar-refractivity contribution in [1.82, 2.24) is 19.6 Å². The van der Waals surface area contributed by atoms with Gasteiger partial charge in [0.2, 0.25) is 11.8 Å². The molecular weight excluding hydrogens is 288 g/mol. The van der Waals surface area contributed by atoms with Gasteiger partial charge >= 0.3 is 12.1 Å². The molecule has 2 saturated heterocycles. The molecule has 0 bridgehead atoms. The molecule has 0 spiro atoms. The number of hydrogen-bond donors (Lipinski definition) is 0. The SMILES string of the molecule is CN1C[C@](C)([C@]2(C)CN(C)C(=O)N(C)C2=O)C(=O)N(C)C1=O. The number of carbonyl (C=O) groups excluding carboxylic acids is 4. The molecule has 8 heteroatoms. The molecule has 0 saturated carbocycles. The van der Waals surface area contributed by atoms with Gasteiger partial charge in [0.15, 0.2) is 0 Å². The average molecular weight is 310 g/mol. The molecule has 0 unspecified atom stereocenters. The van der Waals surface area contributed by atoms with E-state index in [1.807, 2.05) is 0 Å². The highest BCUT2D eigenvalue weighted by Gasteiger charge is 2.62. The first-order valence-electron chi connectivity index (χ1n) is 7.04. The Kier molecular flexibility index (Phi) is 3.46. The molecule has 2 aliphatic heterocycles. The number of nitrogens with zero attached hydrogens (tertiary/aromatic N) is 4. The van der Waals surface area contributed by atoms with E-state index in [2.05, 4.69) is 0 Å². The lowest BCUT2D eigenvalue weighted by atomic mass is 9.61. The molecule has 122 valence electrons. The molecule has 2 fully saturated rings. The van der Waals surface area contributed by atoms with Crippen molar-refractivity contribution in [3.05, 3.63) is 0 Å². The van der Waals surface area contributed by atoms with Crippen LogP contribution < -0.4 is 0 Å². The van der Waals surface area contributed by atoms with Crippen LogP contribution >= 0.6 is 0 Å². The smallest absolute Gasteiger partial charge is 0.326 e. The highest BCUT2D eigenvalue weighted by molar-refractivity contribution is 6.06. The van der Waals surface area contributed by atoms with Crippen LogP contribution in [0.2, 0.25) is 0 Å². The molecular formula is C14H22N4O4. The van der Waals surface area contributed by atoms with E-state index >= 15 is 0 Å². The third kappa shape index (κ3) is 1.82. The van der Waals surface area contributed by atoms with Gasteiger partial charge in [-0.05, 0) is 13.8 Å². The maximum Gasteiger partial charge on any atom is 0.326 e. The zero-order valence-electron chi connectivity index (χ0n) is 13.8.